The summed E-state index contributed by atoms with van der Waals surface area (Å²) in [5.74, 6) is 0.674. The van der Waals surface area contributed by atoms with Crippen LogP contribution in [0.5, 0.6) is 0 Å². The molecule has 0 atom stereocenters. The summed E-state index contributed by atoms with van der Waals surface area (Å²) in [5, 5.41) is 3.54. The van der Waals surface area contributed by atoms with Crippen molar-refractivity contribution in [3.63, 3.8) is 0 Å². The molecule has 0 aliphatic carbocycles. The molecule has 0 saturated carbocycles. The van der Waals surface area contributed by atoms with Gasteiger partial charge in [0.1, 0.15) is 5.82 Å². The predicted molar refractivity (Wildman–Crippen MR) is 71.9 cm³/mol. The van der Waals surface area contributed by atoms with Crippen LogP contribution in [0.15, 0.2) is 17.4 Å². The van der Waals surface area contributed by atoms with E-state index < -0.39 is 0 Å². The van der Waals surface area contributed by atoms with E-state index >= 15 is 0 Å². The molecule has 0 saturated heterocycles. The van der Waals surface area contributed by atoms with Crippen LogP contribution in [0.1, 0.15) is 13.8 Å². The van der Waals surface area contributed by atoms with Crippen molar-refractivity contribution < 1.29 is 0 Å². The Hall–Kier alpha value is -0.740. The van der Waals surface area contributed by atoms with Gasteiger partial charge in [-0.25, -0.2) is 4.99 Å². The van der Waals surface area contributed by atoms with Crippen LogP contribution in [0.2, 0.25) is 0 Å². The maximum atomic E-state index is 6.07. The lowest BCUT2D eigenvalue weighted by molar-refractivity contribution is 0.401. The molecular weight excluding hydrogens is 224 g/mol. The SMILES string of the molecule is C=C(N=C(Cl)N(C)C(C)C)N(C)CCNC. The minimum absolute atomic E-state index is 0.326. The minimum Gasteiger partial charge on any atom is -0.359 e. The van der Waals surface area contributed by atoms with E-state index in [-0.39, 0.29) is 0 Å². The maximum Gasteiger partial charge on any atom is 0.200 e. The number of likely N-dealkylation sites (N-methyl/N-ethyl adjacent to an activating group) is 2. The average molecular weight is 247 g/mol. The average Bonchev–Trinajstić information content (AvgIpc) is 2.24. The summed E-state index contributed by atoms with van der Waals surface area (Å²) < 4.78 is 0. The molecule has 0 aromatic rings. The van der Waals surface area contributed by atoms with Crippen LogP contribution >= 0.6 is 11.6 Å². The van der Waals surface area contributed by atoms with Crippen LogP contribution < -0.4 is 5.32 Å². The van der Waals surface area contributed by atoms with Crippen LogP contribution in [-0.4, -0.2) is 55.4 Å². The molecule has 0 bridgehead atoms. The topological polar surface area (TPSA) is 30.9 Å². The molecule has 0 aliphatic heterocycles. The lowest BCUT2D eigenvalue weighted by Gasteiger charge is -2.23. The molecule has 0 aromatic carbocycles. The van der Waals surface area contributed by atoms with Gasteiger partial charge in [0.05, 0.1) is 0 Å². The van der Waals surface area contributed by atoms with Crippen LogP contribution in [0.25, 0.3) is 0 Å². The van der Waals surface area contributed by atoms with Crippen molar-refractivity contribution in [3.05, 3.63) is 12.4 Å². The number of nitrogens with one attached hydrogen (secondary N) is 1. The molecule has 1 N–H and O–H groups in total. The quantitative estimate of drug-likeness (QED) is 0.438. The molecule has 0 heterocycles. The Labute approximate surface area is 104 Å². The Morgan fingerprint density at radius 3 is 2.44 bits per heavy atom. The van der Waals surface area contributed by atoms with E-state index in [1.54, 1.807) is 0 Å². The third-order valence-electron chi connectivity index (χ3n) is 2.42. The molecule has 94 valence electrons. The van der Waals surface area contributed by atoms with Gasteiger partial charge in [0.15, 0.2) is 5.29 Å². The summed E-state index contributed by atoms with van der Waals surface area (Å²) in [5.41, 5.74) is 0. The number of halogens is 1. The Kier molecular flexibility index (Phi) is 7.17. The fourth-order valence-corrected chi connectivity index (χ4v) is 1.19. The Bertz CT molecular complexity index is 250. The van der Waals surface area contributed by atoms with E-state index in [1.165, 1.54) is 0 Å². The third-order valence-corrected chi connectivity index (χ3v) is 2.78. The van der Waals surface area contributed by atoms with Gasteiger partial charge in [0, 0.05) is 33.2 Å². The lowest BCUT2D eigenvalue weighted by atomic mass is 10.4. The molecule has 0 amide bonds. The number of hydrogen-bond donors (Lipinski definition) is 1. The zero-order valence-corrected chi connectivity index (χ0v) is 11.7. The number of nitrogens with zero attached hydrogens (tertiary/aromatic N) is 3. The first kappa shape index (κ1) is 15.3. The monoisotopic (exact) mass is 246 g/mol. The van der Waals surface area contributed by atoms with Gasteiger partial charge in [0.25, 0.3) is 0 Å². The summed E-state index contributed by atoms with van der Waals surface area (Å²) in [4.78, 5) is 8.13. The Morgan fingerprint density at radius 1 is 1.44 bits per heavy atom. The second-order valence-electron chi connectivity index (χ2n) is 4.03. The normalized spacial score (nSPS) is 11.8. The van der Waals surface area contributed by atoms with Gasteiger partial charge in [-0.1, -0.05) is 6.58 Å². The first-order valence-electron chi connectivity index (χ1n) is 5.41. The summed E-state index contributed by atoms with van der Waals surface area (Å²) >= 11 is 6.07. The fourth-order valence-electron chi connectivity index (χ4n) is 0.892. The van der Waals surface area contributed by atoms with Crippen molar-refractivity contribution in [2.75, 3.05) is 34.2 Å². The second kappa shape index (κ2) is 7.52. The van der Waals surface area contributed by atoms with E-state index in [4.69, 9.17) is 11.6 Å². The predicted octanol–water partition coefficient (Wildman–Crippen LogP) is 1.54. The zero-order valence-electron chi connectivity index (χ0n) is 10.9. The second-order valence-corrected chi connectivity index (χ2v) is 4.36. The maximum absolute atomic E-state index is 6.07. The highest BCUT2D eigenvalue weighted by atomic mass is 35.5. The molecule has 0 fully saturated rings. The van der Waals surface area contributed by atoms with Crippen LogP contribution in [-0.2, 0) is 0 Å². The molecule has 0 unspecified atom stereocenters. The van der Waals surface area contributed by atoms with Gasteiger partial charge in [-0.05, 0) is 32.5 Å². The van der Waals surface area contributed by atoms with Gasteiger partial charge >= 0.3 is 0 Å². The van der Waals surface area contributed by atoms with E-state index in [0.29, 0.717) is 17.2 Å². The highest BCUT2D eigenvalue weighted by molar-refractivity contribution is 6.64. The van der Waals surface area contributed by atoms with Crippen LogP contribution in [0, 0.1) is 0 Å². The highest BCUT2D eigenvalue weighted by Crippen LogP contribution is 2.06. The zero-order chi connectivity index (χ0) is 12.7. The molecule has 5 heteroatoms. The smallest absolute Gasteiger partial charge is 0.200 e. The Morgan fingerprint density at radius 2 is 2.00 bits per heavy atom. The number of hydrogen-bond acceptors (Lipinski definition) is 3. The molecule has 0 radical (unpaired) electrons. The van der Waals surface area contributed by atoms with E-state index in [1.807, 2.05) is 30.9 Å². The summed E-state index contributed by atoms with van der Waals surface area (Å²) in [6.45, 7) is 9.76. The van der Waals surface area contributed by atoms with Crippen molar-refractivity contribution in [3.8, 4) is 0 Å². The van der Waals surface area contributed by atoms with E-state index in [0.717, 1.165) is 13.1 Å². The molecule has 0 spiro atoms. The van der Waals surface area contributed by atoms with Gasteiger partial charge < -0.3 is 15.1 Å². The third kappa shape index (κ3) is 5.37. The van der Waals surface area contributed by atoms with E-state index in [2.05, 4.69) is 30.7 Å². The van der Waals surface area contributed by atoms with Gasteiger partial charge in [-0.2, -0.15) is 0 Å². The van der Waals surface area contributed by atoms with Crippen molar-refractivity contribution in [1.82, 2.24) is 15.1 Å². The number of aliphatic imine (C=N–C) groups is 1. The summed E-state index contributed by atoms with van der Waals surface area (Å²) in [6.07, 6.45) is 0. The largest absolute Gasteiger partial charge is 0.359 e. The molecular formula is C11H23ClN4. The standard InChI is InChI=1S/C11H23ClN4/c1-9(2)16(6)11(12)14-10(3)15(5)8-7-13-4/h9,13H,3,7-8H2,1-2,4-6H3. The first-order valence-corrected chi connectivity index (χ1v) is 5.79. The summed E-state index contributed by atoms with van der Waals surface area (Å²) in [6, 6.07) is 0.326. The van der Waals surface area contributed by atoms with Gasteiger partial charge in [0.2, 0.25) is 0 Å². The molecule has 0 rings (SSSR count). The van der Waals surface area contributed by atoms with Crippen molar-refractivity contribution >= 4 is 16.9 Å². The fraction of sp³-hybridized carbons (Fsp3) is 0.727. The molecule has 16 heavy (non-hydrogen) atoms. The van der Waals surface area contributed by atoms with Crippen molar-refractivity contribution in [2.24, 2.45) is 4.99 Å². The van der Waals surface area contributed by atoms with Crippen molar-refractivity contribution in [2.45, 2.75) is 19.9 Å². The van der Waals surface area contributed by atoms with Gasteiger partial charge in [-0.15, -0.1) is 0 Å². The molecule has 0 aromatic heterocycles. The minimum atomic E-state index is 0.326. The highest BCUT2D eigenvalue weighted by Gasteiger charge is 2.08. The molecule has 0 aliphatic rings. The van der Waals surface area contributed by atoms with Crippen LogP contribution in [0.3, 0.4) is 0 Å². The van der Waals surface area contributed by atoms with Crippen LogP contribution in [0.4, 0.5) is 0 Å². The summed E-state index contributed by atoms with van der Waals surface area (Å²) in [7, 11) is 5.78. The molecule has 4 nitrogen and oxygen atoms in total. The lowest BCUT2D eigenvalue weighted by Crippen LogP contribution is -2.31. The van der Waals surface area contributed by atoms with E-state index in [9.17, 15) is 0 Å². The first-order chi connectivity index (χ1) is 7.40. The number of amidine groups is 1. The van der Waals surface area contributed by atoms with Crippen molar-refractivity contribution in [1.29, 1.82) is 0 Å². The number of rotatable bonds is 6. The van der Waals surface area contributed by atoms with Gasteiger partial charge in [-0.3, -0.25) is 0 Å². The Balaban J connectivity index is 4.34.